The highest BCUT2D eigenvalue weighted by Gasteiger charge is 2.11. The molecule has 2 rings (SSSR count). The third kappa shape index (κ3) is 3.09. The minimum Gasteiger partial charge on any atom is -0.382 e. The maximum atomic E-state index is 13.6. The fraction of sp³-hybridized carbons (Fsp3) is 0.214. The van der Waals surface area contributed by atoms with Crippen LogP contribution in [0.4, 0.5) is 10.3 Å². The van der Waals surface area contributed by atoms with Crippen LogP contribution in [-0.4, -0.2) is 22.9 Å². The van der Waals surface area contributed by atoms with Gasteiger partial charge < -0.3 is 10.6 Å². The molecule has 5 nitrogen and oxygen atoms in total. The second kappa shape index (κ2) is 5.64. The van der Waals surface area contributed by atoms with E-state index in [0.717, 1.165) is 0 Å². The lowest BCUT2D eigenvalue weighted by Crippen LogP contribution is -2.22. The van der Waals surface area contributed by atoms with Crippen LogP contribution >= 0.6 is 0 Å². The Balaban J connectivity index is 2.27. The molecule has 3 N–H and O–H groups in total. The van der Waals surface area contributed by atoms with Gasteiger partial charge in [-0.25, -0.2) is 14.4 Å². The minimum atomic E-state index is -0.265. The number of rotatable bonds is 4. The molecule has 1 aromatic heterocycles. The Kier molecular flexibility index (Phi) is 3.93. The first kappa shape index (κ1) is 13.9. The van der Waals surface area contributed by atoms with Crippen molar-refractivity contribution in [2.75, 3.05) is 11.9 Å². The van der Waals surface area contributed by atoms with Crippen molar-refractivity contribution in [2.24, 2.45) is 5.73 Å². The molecular formula is C14H16FN5. The summed E-state index contributed by atoms with van der Waals surface area (Å²) in [4.78, 5) is 10.2. The number of hydrogen-bond acceptors (Lipinski definition) is 4. The largest absolute Gasteiger partial charge is 0.382 e. The number of benzene rings is 1. The van der Waals surface area contributed by atoms with E-state index in [9.17, 15) is 4.39 Å². The molecule has 0 aliphatic rings. The van der Waals surface area contributed by atoms with Gasteiger partial charge in [-0.2, -0.15) is 0 Å². The topological polar surface area (TPSA) is 78.9 Å². The molecule has 1 heterocycles. The van der Waals surface area contributed by atoms with Crippen molar-refractivity contribution in [1.29, 1.82) is 5.41 Å². The number of aryl methyl sites for hydroxylation is 1. The Labute approximate surface area is 116 Å². The number of aromatic nitrogens is 2. The summed E-state index contributed by atoms with van der Waals surface area (Å²) in [5.74, 6) is 0.0355. The third-order valence-corrected chi connectivity index (χ3v) is 2.83. The van der Waals surface area contributed by atoms with Gasteiger partial charge in [-0.15, -0.1) is 0 Å². The fourth-order valence-corrected chi connectivity index (χ4v) is 1.81. The molecule has 0 unspecified atom stereocenters. The van der Waals surface area contributed by atoms with Crippen molar-refractivity contribution in [3.63, 3.8) is 0 Å². The number of hydrogen-bond donors (Lipinski definition) is 2. The first-order valence-corrected chi connectivity index (χ1v) is 6.12. The summed E-state index contributed by atoms with van der Waals surface area (Å²) in [6.45, 7) is 2.14. The number of nitrogens with zero attached hydrogens (tertiary/aromatic N) is 3. The van der Waals surface area contributed by atoms with Crippen LogP contribution in [0.1, 0.15) is 17.0 Å². The highest BCUT2D eigenvalue weighted by Crippen LogP contribution is 2.14. The summed E-state index contributed by atoms with van der Waals surface area (Å²) in [6.07, 6.45) is 0. The maximum absolute atomic E-state index is 13.6. The number of nitrogens with two attached hydrogens (primary N) is 1. The minimum absolute atomic E-state index is 0.115. The molecule has 2 aromatic rings. The predicted molar refractivity (Wildman–Crippen MR) is 76.3 cm³/mol. The molecule has 0 aliphatic heterocycles. The number of nitrogen functional groups attached to an aromatic ring is 1. The molecule has 0 saturated carbocycles. The Morgan fingerprint density at radius 2 is 2.05 bits per heavy atom. The Morgan fingerprint density at radius 1 is 1.35 bits per heavy atom. The summed E-state index contributed by atoms with van der Waals surface area (Å²) in [5, 5.41) is 7.43. The lowest BCUT2D eigenvalue weighted by Gasteiger charge is -2.18. The van der Waals surface area contributed by atoms with Crippen molar-refractivity contribution in [1.82, 2.24) is 9.97 Å². The molecule has 0 spiro atoms. The van der Waals surface area contributed by atoms with Crippen LogP contribution in [0.5, 0.6) is 0 Å². The Bertz CT molecular complexity index is 641. The van der Waals surface area contributed by atoms with E-state index in [-0.39, 0.29) is 11.7 Å². The van der Waals surface area contributed by atoms with Crippen LogP contribution in [0.25, 0.3) is 0 Å². The SMILES string of the molecule is Cc1cc(C(=N)N)nc(N(C)Cc2ccccc2F)n1. The lowest BCUT2D eigenvalue weighted by molar-refractivity contribution is 0.607. The van der Waals surface area contributed by atoms with E-state index in [1.54, 1.807) is 43.1 Å². The molecule has 0 bridgehead atoms. The lowest BCUT2D eigenvalue weighted by atomic mass is 10.2. The second-order valence-corrected chi connectivity index (χ2v) is 4.56. The monoisotopic (exact) mass is 273 g/mol. The Hall–Kier alpha value is -2.50. The molecule has 0 amide bonds. The van der Waals surface area contributed by atoms with E-state index in [1.165, 1.54) is 6.07 Å². The molecule has 0 aliphatic carbocycles. The first-order chi connectivity index (χ1) is 9.47. The smallest absolute Gasteiger partial charge is 0.226 e. The van der Waals surface area contributed by atoms with Gasteiger partial charge in [0.05, 0.1) is 0 Å². The van der Waals surface area contributed by atoms with Crippen LogP contribution < -0.4 is 10.6 Å². The van der Waals surface area contributed by atoms with Crippen LogP contribution in [0, 0.1) is 18.2 Å². The highest BCUT2D eigenvalue weighted by atomic mass is 19.1. The van der Waals surface area contributed by atoms with Gasteiger partial charge in [0, 0.05) is 24.8 Å². The quantitative estimate of drug-likeness (QED) is 0.658. The van der Waals surface area contributed by atoms with E-state index < -0.39 is 0 Å². The molecule has 0 fully saturated rings. The predicted octanol–water partition coefficient (Wildman–Crippen LogP) is 1.84. The molecule has 6 heteroatoms. The van der Waals surface area contributed by atoms with Crippen LogP contribution in [0.2, 0.25) is 0 Å². The van der Waals surface area contributed by atoms with E-state index >= 15 is 0 Å². The van der Waals surface area contributed by atoms with Crippen LogP contribution in [0.3, 0.4) is 0 Å². The van der Waals surface area contributed by atoms with Gasteiger partial charge in [0.2, 0.25) is 5.95 Å². The standard InChI is InChI=1S/C14H16FN5/c1-9-7-12(13(16)17)19-14(18-9)20(2)8-10-5-3-4-6-11(10)15/h3-7H,8H2,1-2H3,(H3,16,17). The summed E-state index contributed by atoms with van der Waals surface area (Å²) in [5.41, 5.74) is 7.08. The van der Waals surface area contributed by atoms with Gasteiger partial charge in [-0.3, -0.25) is 5.41 Å². The van der Waals surface area contributed by atoms with E-state index in [0.29, 0.717) is 29.4 Å². The number of halogens is 1. The van der Waals surface area contributed by atoms with Gasteiger partial charge in [-0.1, -0.05) is 18.2 Å². The van der Waals surface area contributed by atoms with Crippen molar-refractivity contribution < 1.29 is 4.39 Å². The molecular weight excluding hydrogens is 257 g/mol. The second-order valence-electron chi connectivity index (χ2n) is 4.56. The van der Waals surface area contributed by atoms with Crippen molar-refractivity contribution in [3.8, 4) is 0 Å². The molecule has 0 atom stereocenters. The highest BCUT2D eigenvalue weighted by molar-refractivity contribution is 5.93. The van der Waals surface area contributed by atoms with E-state index in [1.807, 2.05) is 0 Å². The molecule has 20 heavy (non-hydrogen) atoms. The zero-order valence-electron chi connectivity index (χ0n) is 11.4. The maximum Gasteiger partial charge on any atom is 0.226 e. The van der Waals surface area contributed by atoms with Crippen molar-refractivity contribution in [3.05, 3.63) is 53.1 Å². The third-order valence-electron chi connectivity index (χ3n) is 2.83. The summed E-state index contributed by atoms with van der Waals surface area (Å²) in [7, 11) is 1.77. The fourth-order valence-electron chi connectivity index (χ4n) is 1.81. The molecule has 1 aromatic carbocycles. The van der Waals surface area contributed by atoms with Gasteiger partial charge in [0.15, 0.2) is 0 Å². The summed E-state index contributed by atoms with van der Waals surface area (Å²) in [6, 6.07) is 8.21. The summed E-state index contributed by atoms with van der Waals surface area (Å²) >= 11 is 0. The van der Waals surface area contributed by atoms with Crippen molar-refractivity contribution >= 4 is 11.8 Å². The average Bonchev–Trinajstić information content (AvgIpc) is 2.40. The molecule has 0 saturated heterocycles. The van der Waals surface area contributed by atoms with E-state index in [2.05, 4.69) is 9.97 Å². The molecule has 104 valence electrons. The van der Waals surface area contributed by atoms with E-state index in [4.69, 9.17) is 11.1 Å². The van der Waals surface area contributed by atoms with Gasteiger partial charge in [-0.05, 0) is 19.1 Å². The average molecular weight is 273 g/mol. The number of anilines is 1. The zero-order valence-corrected chi connectivity index (χ0v) is 11.4. The molecule has 0 radical (unpaired) electrons. The normalized spacial score (nSPS) is 10.3. The number of amidine groups is 1. The summed E-state index contributed by atoms with van der Waals surface area (Å²) < 4.78 is 13.6. The Morgan fingerprint density at radius 3 is 2.70 bits per heavy atom. The van der Waals surface area contributed by atoms with Crippen LogP contribution in [-0.2, 0) is 6.54 Å². The van der Waals surface area contributed by atoms with Gasteiger partial charge in [0.1, 0.15) is 17.3 Å². The zero-order chi connectivity index (χ0) is 14.7. The first-order valence-electron chi connectivity index (χ1n) is 6.12. The van der Waals surface area contributed by atoms with Gasteiger partial charge >= 0.3 is 0 Å². The van der Waals surface area contributed by atoms with Crippen molar-refractivity contribution in [2.45, 2.75) is 13.5 Å². The van der Waals surface area contributed by atoms with Gasteiger partial charge in [0.25, 0.3) is 0 Å². The van der Waals surface area contributed by atoms with Crippen LogP contribution in [0.15, 0.2) is 30.3 Å². The number of nitrogens with one attached hydrogen (secondary N) is 1.